The summed E-state index contributed by atoms with van der Waals surface area (Å²) in [6.45, 7) is 7.45. The molecule has 1 saturated heterocycles. The maximum Gasteiger partial charge on any atom is 0.123 e. The van der Waals surface area contributed by atoms with Crippen molar-refractivity contribution < 1.29 is 9.13 Å². The minimum atomic E-state index is -0.186. The Morgan fingerprint density at radius 1 is 1.06 bits per heavy atom. The number of aromatic nitrogens is 1. The van der Waals surface area contributed by atoms with Crippen molar-refractivity contribution in [2.75, 3.05) is 13.1 Å². The second-order valence-corrected chi connectivity index (χ2v) is 9.95. The van der Waals surface area contributed by atoms with Gasteiger partial charge in [0.25, 0.3) is 0 Å². The van der Waals surface area contributed by atoms with E-state index in [-0.39, 0.29) is 11.4 Å². The molecule has 3 aromatic rings. The van der Waals surface area contributed by atoms with Crippen LogP contribution in [0.15, 0.2) is 60.8 Å². The second-order valence-electron chi connectivity index (χ2n) is 9.95. The van der Waals surface area contributed by atoms with Gasteiger partial charge in [-0.3, -0.25) is 9.88 Å². The monoisotopic (exact) mass is 430 g/mol. The predicted molar refractivity (Wildman–Crippen MR) is 126 cm³/mol. The third-order valence-corrected chi connectivity index (χ3v) is 6.60. The number of ether oxygens (including phenoxy) is 1. The Morgan fingerprint density at radius 3 is 2.75 bits per heavy atom. The molecular weight excluding hydrogens is 399 g/mol. The summed E-state index contributed by atoms with van der Waals surface area (Å²) in [4.78, 5) is 7.34. The lowest BCUT2D eigenvalue weighted by Gasteiger charge is -2.32. The Kier molecular flexibility index (Phi) is 5.73. The zero-order chi connectivity index (χ0) is 22.1. The van der Waals surface area contributed by atoms with Crippen LogP contribution in [0.1, 0.15) is 60.6 Å². The lowest BCUT2D eigenvalue weighted by Crippen LogP contribution is -2.34. The van der Waals surface area contributed by atoms with Gasteiger partial charge in [0.15, 0.2) is 0 Å². The normalized spacial score (nSPS) is 20.0. The molecule has 166 valence electrons. The van der Waals surface area contributed by atoms with E-state index in [4.69, 9.17) is 9.72 Å². The Hall–Kier alpha value is -2.72. The number of hydrogen-bond donors (Lipinski definition) is 0. The Labute approximate surface area is 190 Å². The largest absolute Gasteiger partial charge is 0.487 e. The molecule has 1 atom stereocenters. The first-order valence-corrected chi connectivity index (χ1v) is 11.7. The van der Waals surface area contributed by atoms with Gasteiger partial charge in [0.05, 0.1) is 0 Å². The SMILES string of the molecule is CC1(C)Cc2cc(CN3CCCC(c4ccc(Cc5cccc(F)c5)cn4)C3)ccc2O1. The molecule has 0 aliphatic carbocycles. The number of likely N-dealkylation sites (tertiary alicyclic amines) is 1. The molecule has 2 aliphatic rings. The lowest BCUT2D eigenvalue weighted by molar-refractivity contribution is 0.138. The summed E-state index contributed by atoms with van der Waals surface area (Å²) in [7, 11) is 0. The highest BCUT2D eigenvalue weighted by atomic mass is 19.1. The summed E-state index contributed by atoms with van der Waals surface area (Å²) >= 11 is 0. The summed E-state index contributed by atoms with van der Waals surface area (Å²) in [5.41, 5.74) is 5.87. The highest BCUT2D eigenvalue weighted by molar-refractivity contribution is 5.41. The van der Waals surface area contributed by atoms with Gasteiger partial charge in [-0.1, -0.05) is 30.3 Å². The molecule has 2 aromatic carbocycles. The molecule has 32 heavy (non-hydrogen) atoms. The summed E-state index contributed by atoms with van der Waals surface area (Å²) in [6.07, 6.45) is 6.02. The predicted octanol–water partition coefficient (Wildman–Crippen LogP) is 5.90. The number of fused-ring (bicyclic) bond motifs is 1. The molecule has 1 aromatic heterocycles. The molecule has 0 radical (unpaired) electrons. The van der Waals surface area contributed by atoms with Crippen molar-refractivity contribution in [2.45, 2.75) is 57.6 Å². The van der Waals surface area contributed by atoms with Gasteiger partial charge in [0, 0.05) is 37.3 Å². The van der Waals surface area contributed by atoms with E-state index in [0.717, 1.165) is 42.9 Å². The van der Waals surface area contributed by atoms with Crippen molar-refractivity contribution in [1.29, 1.82) is 0 Å². The van der Waals surface area contributed by atoms with Gasteiger partial charge in [-0.15, -0.1) is 0 Å². The van der Waals surface area contributed by atoms with Gasteiger partial charge in [0.2, 0.25) is 0 Å². The van der Waals surface area contributed by atoms with Crippen LogP contribution in [0.5, 0.6) is 5.75 Å². The highest BCUT2D eigenvalue weighted by Gasteiger charge is 2.30. The molecule has 5 rings (SSSR count). The smallest absolute Gasteiger partial charge is 0.123 e. The van der Waals surface area contributed by atoms with E-state index >= 15 is 0 Å². The second kappa shape index (κ2) is 8.67. The van der Waals surface area contributed by atoms with Crippen LogP contribution in [-0.2, 0) is 19.4 Å². The van der Waals surface area contributed by atoms with E-state index in [0.29, 0.717) is 12.3 Å². The molecule has 0 N–H and O–H groups in total. The van der Waals surface area contributed by atoms with Crippen LogP contribution in [0.3, 0.4) is 0 Å². The maximum atomic E-state index is 13.4. The molecule has 1 unspecified atom stereocenters. The molecule has 0 amide bonds. The molecule has 4 heteroatoms. The zero-order valence-corrected chi connectivity index (χ0v) is 19.0. The Morgan fingerprint density at radius 2 is 1.94 bits per heavy atom. The van der Waals surface area contributed by atoms with E-state index in [1.165, 1.54) is 35.7 Å². The molecule has 1 fully saturated rings. The average molecular weight is 431 g/mol. The number of halogens is 1. The zero-order valence-electron chi connectivity index (χ0n) is 19.0. The van der Waals surface area contributed by atoms with Crippen LogP contribution in [0.4, 0.5) is 4.39 Å². The van der Waals surface area contributed by atoms with Crippen molar-refractivity contribution in [3.8, 4) is 5.75 Å². The third kappa shape index (κ3) is 4.86. The van der Waals surface area contributed by atoms with Crippen LogP contribution in [-0.4, -0.2) is 28.6 Å². The average Bonchev–Trinajstić information content (AvgIpc) is 3.08. The van der Waals surface area contributed by atoms with Crippen LogP contribution in [0.2, 0.25) is 0 Å². The van der Waals surface area contributed by atoms with Crippen molar-refractivity contribution in [3.05, 3.63) is 94.6 Å². The summed E-state index contributed by atoms with van der Waals surface area (Å²) in [6, 6.07) is 17.8. The van der Waals surface area contributed by atoms with E-state index < -0.39 is 0 Å². The number of nitrogens with zero attached hydrogens (tertiary/aromatic N) is 2. The molecule has 0 bridgehead atoms. The van der Waals surface area contributed by atoms with Gasteiger partial charge >= 0.3 is 0 Å². The van der Waals surface area contributed by atoms with Crippen LogP contribution >= 0.6 is 0 Å². The molecule has 3 heterocycles. The topological polar surface area (TPSA) is 25.4 Å². The number of benzene rings is 2. The highest BCUT2D eigenvalue weighted by Crippen LogP contribution is 2.36. The number of pyridine rings is 1. The van der Waals surface area contributed by atoms with E-state index in [9.17, 15) is 4.39 Å². The van der Waals surface area contributed by atoms with Crippen molar-refractivity contribution in [1.82, 2.24) is 9.88 Å². The molecule has 0 spiro atoms. The summed E-state index contributed by atoms with van der Waals surface area (Å²) in [5.74, 6) is 1.32. The van der Waals surface area contributed by atoms with E-state index in [1.54, 1.807) is 12.1 Å². The van der Waals surface area contributed by atoms with Crippen molar-refractivity contribution in [3.63, 3.8) is 0 Å². The van der Waals surface area contributed by atoms with Gasteiger partial charge in [-0.2, -0.15) is 0 Å². The molecular formula is C28H31FN2O. The van der Waals surface area contributed by atoms with Crippen molar-refractivity contribution >= 4 is 0 Å². The van der Waals surface area contributed by atoms with Crippen LogP contribution < -0.4 is 4.74 Å². The number of rotatable bonds is 5. The number of hydrogen-bond acceptors (Lipinski definition) is 3. The first-order valence-electron chi connectivity index (χ1n) is 11.7. The standard InChI is InChI=1S/C28H31FN2O/c1-28(2)16-24-14-22(9-11-27(24)32-28)18-31-12-4-6-23(19-31)26-10-8-21(17-30-26)13-20-5-3-7-25(29)15-20/h3,5,7-11,14-15,17,23H,4,6,12-13,16,18-19H2,1-2H3. The van der Waals surface area contributed by atoms with E-state index in [2.05, 4.69) is 49.1 Å². The summed E-state index contributed by atoms with van der Waals surface area (Å²) in [5, 5.41) is 0. The van der Waals surface area contributed by atoms with Gasteiger partial charge < -0.3 is 4.74 Å². The van der Waals surface area contributed by atoms with E-state index in [1.807, 2.05) is 12.3 Å². The van der Waals surface area contributed by atoms with Crippen molar-refractivity contribution in [2.24, 2.45) is 0 Å². The molecule has 3 nitrogen and oxygen atoms in total. The quantitative estimate of drug-likeness (QED) is 0.504. The summed E-state index contributed by atoms with van der Waals surface area (Å²) < 4.78 is 19.5. The minimum Gasteiger partial charge on any atom is -0.487 e. The van der Waals surface area contributed by atoms with Gasteiger partial charge in [-0.05, 0) is 86.2 Å². The van der Waals surface area contributed by atoms with Crippen LogP contribution in [0, 0.1) is 5.82 Å². The fourth-order valence-electron chi connectivity index (χ4n) is 5.12. The van der Waals surface area contributed by atoms with Gasteiger partial charge in [-0.25, -0.2) is 4.39 Å². The fraction of sp³-hybridized carbons (Fsp3) is 0.393. The Bertz CT molecular complexity index is 1090. The lowest BCUT2D eigenvalue weighted by atomic mass is 9.93. The minimum absolute atomic E-state index is 0.0936. The van der Waals surface area contributed by atoms with Crippen LogP contribution in [0.25, 0.3) is 0 Å². The maximum absolute atomic E-state index is 13.4. The Balaban J connectivity index is 1.22. The third-order valence-electron chi connectivity index (χ3n) is 6.60. The molecule has 0 saturated carbocycles. The van der Waals surface area contributed by atoms with Gasteiger partial charge in [0.1, 0.15) is 17.2 Å². The fourth-order valence-corrected chi connectivity index (χ4v) is 5.12. The molecule has 2 aliphatic heterocycles. The first-order chi connectivity index (χ1) is 15.4. The number of piperidine rings is 1. The first kappa shape index (κ1) is 21.1.